The topological polar surface area (TPSA) is 65.1 Å². The molecule has 1 atom stereocenters. The number of aryl methyl sites for hydroxylation is 1. The van der Waals surface area contributed by atoms with Gasteiger partial charge in [-0.25, -0.2) is 0 Å². The van der Waals surface area contributed by atoms with Gasteiger partial charge in [0.1, 0.15) is 12.4 Å². The number of benzene rings is 2. The second-order valence-electron chi connectivity index (χ2n) is 7.47. The molecule has 0 aromatic heterocycles. The van der Waals surface area contributed by atoms with Crippen LogP contribution >= 0.6 is 11.8 Å². The maximum Gasteiger partial charge on any atom is 0.293 e. The number of nitrogens with zero attached hydrogens (tertiary/aromatic N) is 1. The highest BCUT2D eigenvalue weighted by molar-refractivity contribution is 8.18. The maximum atomic E-state index is 12.8. The predicted molar refractivity (Wildman–Crippen MR) is 127 cm³/mol. The van der Waals surface area contributed by atoms with E-state index < -0.39 is 0 Å². The summed E-state index contributed by atoms with van der Waals surface area (Å²) in [5, 5.41) is -0.296. The predicted octanol–water partition coefficient (Wildman–Crippen LogP) is 5.69. The van der Waals surface area contributed by atoms with Crippen molar-refractivity contribution in [2.75, 3.05) is 19.8 Å². The quantitative estimate of drug-likeness (QED) is 0.429. The number of rotatable bonds is 10. The third-order valence-corrected chi connectivity index (χ3v) is 5.82. The van der Waals surface area contributed by atoms with Gasteiger partial charge >= 0.3 is 0 Å². The normalized spacial score (nSPS) is 15.9. The number of carbonyl (C=O) groups excluding carboxylic acids is 2. The van der Waals surface area contributed by atoms with Crippen molar-refractivity contribution in [3.05, 3.63) is 58.5 Å². The van der Waals surface area contributed by atoms with Crippen molar-refractivity contribution in [1.29, 1.82) is 0 Å². The van der Waals surface area contributed by atoms with Crippen molar-refractivity contribution in [2.45, 2.75) is 40.2 Å². The van der Waals surface area contributed by atoms with Crippen molar-refractivity contribution < 1.29 is 23.8 Å². The lowest BCUT2D eigenvalue weighted by Crippen LogP contribution is -2.32. The Labute approximate surface area is 193 Å². The molecule has 1 heterocycles. The van der Waals surface area contributed by atoms with Gasteiger partial charge in [0.2, 0.25) is 0 Å². The van der Waals surface area contributed by atoms with Crippen molar-refractivity contribution in [3.8, 4) is 17.2 Å². The molecule has 2 aromatic rings. The van der Waals surface area contributed by atoms with Gasteiger partial charge < -0.3 is 14.2 Å². The molecule has 0 bridgehead atoms. The lowest BCUT2D eigenvalue weighted by molar-refractivity contribution is -0.123. The minimum atomic E-state index is -0.314. The molecule has 7 heteroatoms. The second kappa shape index (κ2) is 11.1. The van der Waals surface area contributed by atoms with Crippen LogP contribution in [0.5, 0.6) is 17.2 Å². The zero-order chi connectivity index (χ0) is 23.1. The summed E-state index contributed by atoms with van der Waals surface area (Å²) in [4.78, 5) is 26.8. The van der Waals surface area contributed by atoms with Gasteiger partial charge in [0.15, 0.2) is 11.5 Å². The molecule has 3 rings (SSSR count). The van der Waals surface area contributed by atoms with Crippen LogP contribution in [0.3, 0.4) is 0 Å². The number of amides is 2. The third-order valence-electron chi connectivity index (χ3n) is 4.92. The minimum Gasteiger partial charge on any atom is -0.492 e. The molecule has 0 radical (unpaired) electrons. The van der Waals surface area contributed by atoms with Crippen LogP contribution in [0.1, 0.15) is 38.3 Å². The van der Waals surface area contributed by atoms with Crippen molar-refractivity contribution in [1.82, 2.24) is 4.90 Å². The van der Waals surface area contributed by atoms with E-state index in [4.69, 9.17) is 14.2 Å². The molecule has 1 unspecified atom stereocenters. The van der Waals surface area contributed by atoms with Crippen molar-refractivity contribution in [2.24, 2.45) is 0 Å². The van der Waals surface area contributed by atoms with Crippen LogP contribution in [0.15, 0.2) is 47.4 Å². The Bertz CT molecular complexity index is 1000. The van der Waals surface area contributed by atoms with Gasteiger partial charge in [-0.05, 0) is 80.4 Å². The molecule has 170 valence electrons. The van der Waals surface area contributed by atoms with Crippen LogP contribution in [-0.4, -0.2) is 41.9 Å². The lowest BCUT2D eigenvalue weighted by atomic mass is 10.1. The van der Waals surface area contributed by atoms with E-state index in [9.17, 15) is 9.59 Å². The molecule has 0 N–H and O–H groups in total. The van der Waals surface area contributed by atoms with Gasteiger partial charge in [0.05, 0.1) is 24.2 Å². The highest BCUT2D eigenvalue weighted by Gasteiger charge is 2.34. The van der Waals surface area contributed by atoms with E-state index in [1.54, 1.807) is 6.08 Å². The number of carbonyl (C=O) groups is 2. The van der Waals surface area contributed by atoms with Crippen molar-refractivity contribution in [3.63, 3.8) is 0 Å². The number of hydrogen-bond acceptors (Lipinski definition) is 6. The standard InChI is InChI=1S/C25H29NO5S/c1-5-18(4)31-21-11-10-19(15-22(21)29-6-2)16-23-24(27)26(25(28)32-23)12-13-30-20-9-7-8-17(3)14-20/h7-11,14-16,18H,5-6,12-13H2,1-4H3/b23-16-. The molecule has 2 amide bonds. The first-order valence-corrected chi connectivity index (χ1v) is 11.6. The summed E-state index contributed by atoms with van der Waals surface area (Å²) < 4.78 is 17.3. The average Bonchev–Trinajstić information content (AvgIpc) is 3.03. The number of ether oxygens (including phenoxy) is 3. The van der Waals surface area contributed by atoms with Crippen LogP contribution in [0.2, 0.25) is 0 Å². The summed E-state index contributed by atoms with van der Waals surface area (Å²) in [7, 11) is 0. The SMILES string of the molecule is CCOc1cc(/C=C2\SC(=O)N(CCOc3cccc(C)c3)C2=O)ccc1OC(C)CC. The van der Waals surface area contributed by atoms with Crippen LogP contribution < -0.4 is 14.2 Å². The molecule has 1 aliphatic heterocycles. The molecule has 2 aromatic carbocycles. The molecule has 1 fully saturated rings. The molecular weight excluding hydrogens is 426 g/mol. The molecule has 0 saturated carbocycles. The van der Waals surface area contributed by atoms with Crippen LogP contribution in [0.25, 0.3) is 6.08 Å². The van der Waals surface area contributed by atoms with E-state index in [0.29, 0.717) is 23.0 Å². The zero-order valence-electron chi connectivity index (χ0n) is 18.9. The van der Waals surface area contributed by atoms with Gasteiger partial charge in [-0.3, -0.25) is 14.5 Å². The summed E-state index contributed by atoms with van der Waals surface area (Å²) in [6, 6.07) is 13.2. The summed E-state index contributed by atoms with van der Waals surface area (Å²) >= 11 is 0.934. The fraction of sp³-hybridized carbons (Fsp3) is 0.360. The fourth-order valence-corrected chi connectivity index (χ4v) is 3.95. The molecule has 0 spiro atoms. The molecule has 1 aliphatic rings. The van der Waals surface area contributed by atoms with E-state index in [-0.39, 0.29) is 30.4 Å². The average molecular weight is 456 g/mol. The van der Waals surface area contributed by atoms with E-state index in [0.717, 1.165) is 35.1 Å². The Morgan fingerprint density at radius 3 is 2.59 bits per heavy atom. The van der Waals surface area contributed by atoms with Crippen LogP contribution in [0.4, 0.5) is 4.79 Å². The highest BCUT2D eigenvalue weighted by Crippen LogP contribution is 2.35. The monoisotopic (exact) mass is 455 g/mol. The Morgan fingerprint density at radius 2 is 1.88 bits per heavy atom. The zero-order valence-corrected chi connectivity index (χ0v) is 19.7. The second-order valence-corrected chi connectivity index (χ2v) is 8.47. The molecule has 6 nitrogen and oxygen atoms in total. The van der Waals surface area contributed by atoms with E-state index >= 15 is 0 Å². The first-order chi connectivity index (χ1) is 15.4. The Hall–Kier alpha value is -2.93. The third kappa shape index (κ3) is 6.07. The minimum absolute atomic E-state index is 0.0681. The molecule has 1 saturated heterocycles. The Balaban J connectivity index is 1.68. The summed E-state index contributed by atoms with van der Waals surface area (Å²) in [6.45, 7) is 8.88. The van der Waals surface area contributed by atoms with E-state index in [1.807, 2.05) is 63.2 Å². The number of imide groups is 1. The number of hydrogen-bond donors (Lipinski definition) is 0. The smallest absolute Gasteiger partial charge is 0.293 e. The Kier molecular flexibility index (Phi) is 8.22. The van der Waals surface area contributed by atoms with Crippen molar-refractivity contribution >= 4 is 29.0 Å². The Morgan fingerprint density at radius 1 is 1.06 bits per heavy atom. The summed E-state index contributed by atoms with van der Waals surface area (Å²) in [5.41, 5.74) is 1.86. The summed E-state index contributed by atoms with van der Waals surface area (Å²) in [5.74, 6) is 1.69. The van der Waals surface area contributed by atoms with Crippen LogP contribution in [0, 0.1) is 6.92 Å². The molecular formula is C25H29NO5S. The lowest BCUT2D eigenvalue weighted by Gasteiger charge is -2.16. The van der Waals surface area contributed by atoms with E-state index in [2.05, 4.69) is 6.92 Å². The number of thioether (sulfide) groups is 1. The van der Waals surface area contributed by atoms with Gasteiger partial charge in [0, 0.05) is 0 Å². The van der Waals surface area contributed by atoms with Gasteiger partial charge in [0.25, 0.3) is 11.1 Å². The molecule has 32 heavy (non-hydrogen) atoms. The largest absolute Gasteiger partial charge is 0.492 e. The fourth-order valence-electron chi connectivity index (χ4n) is 3.08. The summed E-state index contributed by atoms with van der Waals surface area (Å²) in [6.07, 6.45) is 2.66. The molecule has 0 aliphatic carbocycles. The van der Waals surface area contributed by atoms with E-state index in [1.165, 1.54) is 4.90 Å². The first kappa shape index (κ1) is 23.7. The maximum absolute atomic E-state index is 12.8. The van der Waals surface area contributed by atoms with Crippen LogP contribution in [-0.2, 0) is 4.79 Å². The highest BCUT2D eigenvalue weighted by atomic mass is 32.2. The first-order valence-electron chi connectivity index (χ1n) is 10.8. The van der Waals surface area contributed by atoms with Gasteiger partial charge in [-0.1, -0.05) is 25.1 Å². The van der Waals surface area contributed by atoms with Gasteiger partial charge in [-0.2, -0.15) is 0 Å². The van der Waals surface area contributed by atoms with Gasteiger partial charge in [-0.15, -0.1) is 0 Å².